The summed E-state index contributed by atoms with van der Waals surface area (Å²) >= 11 is 0. The first-order valence-corrected chi connectivity index (χ1v) is 8.94. The quantitative estimate of drug-likeness (QED) is 0.419. The molecule has 0 aliphatic heterocycles. The molecule has 0 heterocycles. The number of esters is 1. The molecule has 0 aromatic heterocycles. The third-order valence-corrected chi connectivity index (χ3v) is 5.54. The predicted octanol–water partition coefficient (Wildman–Crippen LogP) is 5.48. The maximum atomic E-state index is 11.9. The van der Waals surface area contributed by atoms with Crippen molar-refractivity contribution in [3.63, 3.8) is 0 Å². The summed E-state index contributed by atoms with van der Waals surface area (Å²) in [6.45, 7) is 4.77. The minimum absolute atomic E-state index is 0.329. The number of para-hydroxylation sites is 1. The van der Waals surface area contributed by atoms with E-state index in [0.29, 0.717) is 22.6 Å². The molecule has 2 aliphatic rings. The normalized spacial score (nSPS) is 23.2. The number of nitrogens with zero attached hydrogens (tertiary/aromatic N) is 1. The lowest BCUT2D eigenvalue weighted by atomic mass is 9.66. The lowest BCUT2D eigenvalue weighted by Crippen LogP contribution is -2.26. The molecule has 1 aromatic carbocycles. The molecule has 128 valence electrons. The Balaban J connectivity index is 1.78. The van der Waals surface area contributed by atoms with Crippen LogP contribution in [0.25, 0.3) is 0 Å². The van der Waals surface area contributed by atoms with E-state index in [4.69, 9.17) is 4.74 Å². The van der Waals surface area contributed by atoms with Crippen LogP contribution in [0.15, 0.2) is 40.4 Å². The molecule has 0 saturated heterocycles. The molecule has 0 fully saturated rings. The lowest BCUT2D eigenvalue weighted by molar-refractivity contribution is 0.0601. The minimum atomic E-state index is -0.329. The van der Waals surface area contributed by atoms with E-state index in [0.717, 1.165) is 6.42 Å². The second kappa shape index (κ2) is 6.92. The Bertz CT molecular complexity index is 685. The van der Waals surface area contributed by atoms with Crippen molar-refractivity contribution in [2.24, 2.45) is 16.3 Å². The number of carbonyl (C=O) groups excluding carboxylic acids is 1. The Morgan fingerprint density at radius 3 is 2.88 bits per heavy atom. The summed E-state index contributed by atoms with van der Waals surface area (Å²) in [5.74, 6) is 0.136. The van der Waals surface area contributed by atoms with Gasteiger partial charge >= 0.3 is 5.97 Å². The first-order valence-electron chi connectivity index (χ1n) is 8.94. The topological polar surface area (TPSA) is 38.7 Å². The molecular formula is C21H27NO2. The van der Waals surface area contributed by atoms with Crippen molar-refractivity contribution in [1.82, 2.24) is 0 Å². The maximum Gasteiger partial charge on any atom is 0.340 e. The van der Waals surface area contributed by atoms with Gasteiger partial charge in [-0.05, 0) is 62.0 Å². The van der Waals surface area contributed by atoms with Gasteiger partial charge in [-0.2, -0.15) is 0 Å². The molecule has 2 aliphatic carbocycles. The van der Waals surface area contributed by atoms with Crippen molar-refractivity contribution >= 4 is 17.9 Å². The molecule has 3 heteroatoms. The fourth-order valence-electron chi connectivity index (χ4n) is 4.13. The van der Waals surface area contributed by atoms with Gasteiger partial charge in [-0.1, -0.05) is 37.1 Å². The fraction of sp³-hybridized carbons (Fsp3) is 0.524. The standard InChI is InChI=1S/C21H27NO2/c1-21(2)12-6-7-16-11-10-15(13-18(16)21)14-22-19-9-5-4-8-17(19)20(23)24-3/h4-5,8-9,14-15H,6-7,10-13H2,1-3H3. The molecule has 0 amide bonds. The summed E-state index contributed by atoms with van der Waals surface area (Å²) in [7, 11) is 1.41. The molecule has 0 spiro atoms. The Hall–Kier alpha value is -1.90. The first-order chi connectivity index (χ1) is 11.5. The summed E-state index contributed by atoms with van der Waals surface area (Å²) in [6.07, 6.45) is 9.45. The van der Waals surface area contributed by atoms with Gasteiger partial charge in [0.2, 0.25) is 0 Å². The number of rotatable bonds is 3. The van der Waals surface area contributed by atoms with Crippen molar-refractivity contribution in [2.75, 3.05) is 7.11 Å². The van der Waals surface area contributed by atoms with E-state index < -0.39 is 0 Å². The highest BCUT2D eigenvalue weighted by molar-refractivity contribution is 5.95. The van der Waals surface area contributed by atoms with Gasteiger partial charge in [-0.15, -0.1) is 0 Å². The smallest absolute Gasteiger partial charge is 0.340 e. The highest BCUT2D eigenvalue weighted by Gasteiger charge is 2.33. The zero-order valence-electron chi connectivity index (χ0n) is 15.0. The van der Waals surface area contributed by atoms with Crippen LogP contribution < -0.4 is 0 Å². The number of allylic oxidation sites excluding steroid dienone is 2. The molecule has 1 unspecified atom stereocenters. The van der Waals surface area contributed by atoms with E-state index >= 15 is 0 Å². The molecule has 1 atom stereocenters. The van der Waals surface area contributed by atoms with Crippen molar-refractivity contribution in [2.45, 2.75) is 52.4 Å². The number of hydrogen-bond donors (Lipinski definition) is 0. The predicted molar refractivity (Wildman–Crippen MR) is 97.9 cm³/mol. The molecule has 24 heavy (non-hydrogen) atoms. The number of carbonyl (C=O) groups is 1. The molecule has 3 nitrogen and oxygen atoms in total. The third-order valence-electron chi connectivity index (χ3n) is 5.54. The second-order valence-corrected chi connectivity index (χ2v) is 7.61. The zero-order valence-corrected chi connectivity index (χ0v) is 15.0. The molecule has 0 bridgehead atoms. The van der Waals surface area contributed by atoms with Crippen molar-refractivity contribution in [3.8, 4) is 0 Å². The van der Waals surface area contributed by atoms with Crippen molar-refractivity contribution in [3.05, 3.63) is 41.0 Å². The Kier molecular flexibility index (Phi) is 4.88. The van der Waals surface area contributed by atoms with Crippen molar-refractivity contribution < 1.29 is 9.53 Å². The fourth-order valence-corrected chi connectivity index (χ4v) is 4.13. The number of ether oxygens (including phenoxy) is 1. The second-order valence-electron chi connectivity index (χ2n) is 7.61. The summed E-state index contributed by atoms with van der Waals surface area (Å²) in [4.78, 5) is 16.5. The summed E-state index contributed by atoms with van der Waals surface area (Å²) in [5.41, 5.74) is 4.94. The van der Waals surface area contributed by atoms with Crippen molar-refractivity contribution in [1.29, 1.82) is 0 Å². The van der Waals surface area contributed by atoms with Crippen LogP contribution in [0.3, 0.4) is 0 Å². The van der Waals surface area contributed by atoms with E-state index in [2.05, 4.69) is 25.1 Å². The van der Waals surface area contributed by atoms with Gasteiger partial charge in [0.05, 0.1) is 18.4 Å². The molecule has 3 rings (SSSR count). The molecule has 0 saturated carbocycles. The van der Waals surface area contributed by atoms with Gasteiger partial charge in [-0.25, -0.2) is 4.79 Å². The van der Waals surface area contributed by atoms with Gasteiger partial charge < -0.3 is 4.74 Å². The number of hydrogen-bond acceptors (Lipinski definition) is 3. The largest absolute Gasteiger partial charge is 0.465 e. The van der Waals surface area contributed by atoms with Crippen LogP contribution in [-0.2, 0) is 4.74 Å². The van der Waals surface area contributed by atoms with Crippen LogP contribution >= 0.6 is 0 Å². The summed E-state index contributed by atoms with van der Waals surface area (Å²) < 4.78 is 4.85. The first kappa shape index (κ1) is 16.9. The lowest BCUT2D eigenvalue weighted by Gasteiger charge is -2.39. The Morgan fingerprint density at radius 1 is 1.29 bits per heavy atom. The number of benzene rings is 1. The average molecular weight is 325 g/mol. The van der Waals surface area contributed by atoms with E-state index in [9.17, 15) is 4.79 Å². The summed E-state index contributed by atoms with van der Waals surface area (Å²) in [5, 5.41) is 0. The van der Waals surface area contributed by atoms with Gasteiger partial charge in [-0.3, -0.25) is 4.99 Å². The van der Waals surface area contributed by atoms with Crippen LogP contribution in [0.4, 0.5) is 5.69 Å². The van der Waals surface area contributed by atoms with E-state index in [1.165, 1.54) is 39.2 Å². The maximum absolute atomic E-state index is 11.9. The van der Waals surface area contributed by atoms with E-state index in [-0.39, 0.29) is 5.97 Å². The van der Waals surface area contributed by atoms with Crippen LogP contribution in [0.1, 0.15) is 62.7 Å². The van der Waals surface area contributed by atoms with Gasteiger partial charge in [0.1, 0.15) is 0 Å². The summed E-state index contributed by atoms with van der Waals surface area (Å²) in [6, 6.07) is 7.39. The van der Waals surface area contributed by atoms with Gasteiger partial charge in [0.15, 0.2) is 0 Å². The Morgan fingerprint density at radius 2 is 2.08 bits per heavy atom. The SMILES string of the molecule is COC(=O)c1ccccc1N=CC1CCC2=C(C1)C(C)(C)CCC2. The van der Waals surface area contributed by atoms with Crippen LogP contribution in [0.2, 0.25) is 0 Å². The van der Waals surface area contributed by atoms with Crippen LogP contribution in [0.5, 0.6) is 0 Å². The van der Waals surface area contributed by atoms with Crippen LogP contribution in [0, 0.1) is 11.3 Å². The molecule has 1 aromatic rings. The van der Waals surface area contributed by atoms with Crippen LogP contribution in [-0.4, -0.2) is 19.3 Å². The molecule has 0 radical (unpaired) electrons. The Labute approximate surface area is 144 Å². The monoisotopic (exact) mass is 325 g/mol. The van der Waals surface area contributed by atoms with Gasteiger partial charge in [0, 0.05) is 6.21 Å². The molecule has 0 N–H and O–H groups in total. The average Bonchev–Trinajstić information content (AvgIpc) is 2.59. The van der Waals surface area contributed by atoms with E-state index in [1.807, 2.05) is 18.2 Å². The zero-order chi connectivity index (χ0) is 17.2. The molecular weight excluding hydrogens is 298 g/mol. The van der Waals surface area contributed by atoms with Gasteiger partial charge in [0.25, 0.3) is 0 Å². The minimum Gasteiger partial charge on any atom is -0.465 e. The van der Waals surface area contributed by atoms with E-state index in [1.54, 1.807) is 17.2 Å². The highest BCUT2D eigenvalue weighted by Crippen LogP contribution is 2.47. The number of methoxy groups -OCH3 is 1. The third kappa shape index (κ3) is 3.45. The number of aliphatic imine (C=N–C) groups is 1. The highest BCUT2D eigenvalue weighted by atomic mass is 16.5.